The van der Waals surface area contributed by atoms with E-state index in [0.717, 1.165) is 0 Å². The molecule has 0 radical (unpaired) electrons. The molecular formula is C14H22N2O5. The Bertz CT molecular complexity index is 481. The van der Waals surface area contributed by atoms with Gasteiger partial charge in [-0.3, -0.25) is 4.79 Å². The van der Waals surface area contributed by atoms with Gasteiger partial charge in [0.2, 0.25) is 11.7 Å². The lowest BCUT2D eigenvalue weighted by Crippen LogP contribution is -2.55. The Morgan fingerprint density at radius 3 is 2.05 bits per heavy atom. The van der Waals surface area contributed by atoms with E-state index in [2.05, 4.69) is 5.32 Å². The topological polar surface area (TPSA) is 92.0 Å². The fourth-order valence-corrected chi connectivity index (χ4v) is 1.63. The molecule has 1 aromatic carbocycles. The lowest BCUT2D eigenvalue weighted by Gasteiger charge is -2.25. The Kier molecular flexibility index (Phi) is 5.66. The van der Waals surface area contributed by atoms with Crippen LogP contribution in [-0.2, 0) is 4.79 Å². The van der Waals surface area contributed by atoms with Crippen LogP contribution < -0.4 is 30.0 Å². The van der Waals surface area contributed by atoms with Crippen molar-refractivity contribution in [3.8, 4) is 23.0 Å². The van der Waals surface area contributed by atoms with Crippen molar-refractivity contribution >= 4 is 5.91 Å². The number of hydrogen-bond acceptors (Lipinski definition) is 6. The normalized spacial score (nSPS) is 13.2. The van der Waals surface area contributed by atoms with Crippen molar-refractivity contribution in [3.05, 3.63) is 12.1 Å². The van der Waals surface area contributed by atoms with Crippen molar-refractivity contribution in [1.82, 2.24) is 5.32 Å². The summed E-state index contributed by atoms with van der Waals surface area (Å²) in [5.41, 5.74) is 4.38. The molecule has 0 fully saturated rings. The maximum absolute atomic E-state index is 11.4. The second-order valence-corrected chi connectivity index (χ2v) is 4.60. The molecule has 0 saturated carbocycles. The molecule has 118 valence electrons. The van der Waals surface area contributed by atoms with Gasteiger partial charge in [0.1, 0.15) is 17.9 Å². The van der Waals surface area contributed by atoms with Crippen LogP contribution in [0.5, 0.6) is 23.0 Å². The molecule has 0 aromatic heterocycles. The zero-order valence-electron chi connectivity index (χ0n) is 13.0. The van der Waals surface area contributed by atoms with Crippen molar-refractivity contribution in [2.75, 3.05) is 35.0 Å². The molecule has 0 saturated heterocycles. The Hall–Kier alpha value is -2.15. The van der Waals surface area contributed by atoms with E-state index in [0.29, 0.717) is 23.0 Å². The molecule has 21 heavy (non-hydrogen) atoms. The van der Waals surface area contributed by atoms with Crippen molar-refractivity contribution < 1.29 is 23.7 Å². The van der Waals surface area contributed by atoms with Crippen LogP contribution in [0.4, 0.5) is 0 Å². The van der Waals surface area contributed by atoms with Crippen LogP contribution in [0.1, 0.15) is 6.92 Å². The number of carbonyl (C=O) groups is 1. The second-order valence-electron chi connectivity index (χ2n) is 4.60. The molecule has 1 atom stereocenters. The summed E-state index contributed by atoms with van der Waals surface area (Å²) < 4.78 is 21.3. The zero-order chi connectivity index (χ0) is 16.0. The van der Waals surface area contributed by atoms with E-state index < -0.39 is 11.4 Å². The quantitative estimate of drug-likeness (QED) is 0.728. The molecule has 0 aliphatic carbocycles. The number of hydrogen-bond donors (Lipinski definition) is 2. The number of benzene rings is 1. The summed E-state index contributed by atoms with van der Waals surface area (Å²) in [4.78, 5) is 11.4. The summed E-state index contributed by atoms with van der Waals surface area (Å²) in [5, 5.41) is 2.84. The first-order valence-electron chi connectivity index (χ1n) is 6.33. The first kappa shape index (κ1) is 16.9. The van der Waals surface area contributed by atoms with E-state index in [9.17, 15) is 4.79 Å². The molecule has 1 amide bonds. The maximum Gasteiger partial charge on any atom is 0.240 e. The molecule has 0 bridgehead atoms. The van der Waals surface area contributed by atoms with Crippen LogP contribution in [0.3, 0.4) is 0 Å². The summed E-state index contributed by atoms with van der Waals surface area (Å²) in [6.07, 6.45) is 0. The smallest absolute Gasteiger partial charge is 0.240 e. The average molecular weight is 298 g/mol. The minimum Gasteiger partial charge on any atom is -0.493 e. The van der Waals surface area contributed by atoms with Crippen LogP contribution in [0.25, 0.3) is 0 Å². The number of rotatable bonds is 8. The van der Waals surface area contributed by atoms with Crippen LogP contribution >= 0.6 is 0 Å². The largest absolute Gasteiger partial charge is 0.493 e. The molecule has 0 aliphatic rings. The van der Waals surface area contributed by atoms with E-state index in [1.54, 1.807) is 26.1 Å². The average Bonchev–Trinajstić information content (AvgIpc) is 2.50. The summed E-state index contributed by atoms with van der Waals surface area (Å²) >= 11 is 0. The molecule has 7 heteroatoms. The molecular weight excluding hydrogens is 276 g/mol. The van der Waals surface area contributed by atoms with Crippen LogP contribution in [0.15, 0.2) is 12.1 Å². The van der Waals surface area contributed by atoms with E-state index >= 15 is 0 Å². The first-order chi connectivity index (χ1) is 9.91. The predicted molar refractivity (Wildman–Crippen MR) is 78.3 cm³/mol. The van der Waals surface area contributed by atoms with E-state index in [1.165, 1.54) is 21.3 Å². The fourth-order valence-electron chi connectivity index (χ4n) is 1.63. The lowest BCUT2D eigenvalue weighted by molar-refractivity contribution is -0.124. The molecule has 0 aliphatic heterocycles. The van der Waals surface area contributed by atoms with Gasteiger partial charge in [-0.15, -0.1) is 0 Å². The number of ether oxygens (including phenoxy) is 4. The van der Waals surface area contributed by atoms with Gasteiger partial charge in [0.15, 0.2) is 11.5 Å². The van der Waals surface area contributed by atoms with E-state index in [4.69, 9.17) is 24.7 Å². The highest BCUT2D eigenvalue weighted by molar-refractivity contribution is 5.84. The first-order valence-corrected chi connectivity index (χ1v) is 6.33. The molecule has 3 N–H and O–H groups in total. The molecule has 1 unspecified atom stereocenters. The number of nitrogens with one attached hydrogen (secondary N) is 1. The van der Waals surface area contributed by atoms with Gasteiger partial charge in [0, 0.05) is 12.1 Å². The van der Waals surface area contributed by atoms with Gasteiger partial charge in [0.25, 0.3) is 0 Å². The van der Waals surface area contributed by atoms with Crippen molar-refractivity contribution in [2.45, 2.75) is 12.5 Å². The van der Waals surface area contributed by atoms with Gasteiger partial charge in [0.05, 0.1) is 21.3 Å². The number of primary amides is 1. The molecule has 1 aromatic rings. The number of nitrogens with two attached hydrogens (primary N) is 1. The molecule has 1 rings (SSSR count). The third-order valence-corrected chi connectivity index (χ3v) is 3.26. The third-order valence-electron chi connectivity index (χ3n) is 3.26. The number of amides is 1. The summed E-state index contributed by atoms with van der Waals surface area (Å²) in [7, 11) is 6.19. The van der Waals surface area contributed by atoms with Gasteiger partial charge >= 0.3 is 0 Å². The number of carbonyl (C=O) groups excluding carboxylic acids is 1. The van der Waals surface area contributed by atoms with Crippen LogP contribution in [0.2, 0.25) is 0 Å². The number of methoxy groups -OCH3 is 3. The second kappa shape index (κ2) is 7.03. The monoisotopic (exact) mass is 298 g/mol. The molecule has 0 heterocycles. The Labute approximate surface area is 124 Å². The Morgan fingerprint density at radius 2 is 1.71 bits per heavy atom. The Balaban J connectivity index is 3.02. The molecule has 0 spiro atoms. The Morgan fingerprint density at radius 1 is 1.19 bits per heavy atom. The number of likely N-dealkylation sites (N-methyl/N-ethyl adjacent to an activating group) is 1. The SMILES string of the molecule is CNC(C)(COc1cc(OC)c(OC)c(OC)c1)C(N)=O. The highest BCUT2D eigenvalue weighted by Gasteiger charge is 2.30. The summed E-state index contributed by atoms with van der Waals surface area (Å²) in [6, 6.07) is 3.30. The third kappa shape index (κ3) is 3.69. The minimum atomic E-state index is -0.972. The van der Waals surface area contributed by atoms with E-state index in [-0.39, 0.29) is 6.61 Å². The maximum atomic E-state index is 11.4. The van der Waals surface area contributed by atoms with Gasteiger partial charge in [-0.05, 0) is 14.0 Å². The van der Waals surface area contributed by atoms with Crippen LogP contribution in [0, 0.1) is 0 Å². The van der Waals surface area contributed by atoms with Crippen molar-refractivity contribution in [2.24, 2.45) is 5.73 Å². The van der Waals surface area contributed by atoms with Gasteiger partial charge in [-0.1, -0.05) is 0 Å². The lowest BCUT2D eigenvalue weighted by atomic mass is 10.0. The van der Waals surface area contributed by atoms with Gasteiger partial charge in [-0.25, -0.2) is 0 Å². The van der Waals surface area contributed by atoms with Gasteiger partial charge in [-0.2, -0.15) is 0 Å². The van der Waals surface area contributed by atoms with Crippen LogP contribution in [-0.4, -0.2) is 46.4 Å². The van der Waals surface area contributed by atoms with E-state index in [1.807, 2.05) is 0 Å². The highest BCUT2D eigenvalue weighted by atomic mass is 16.5. The summed E-state index contributed by atoms with van der Waals surface area (Å²) in [6.45, 7) is 1.73. The standard InChI is InChI=1S/C14H22N2O5/c1-14(16-2,13(15)17)8-21-9-6-10(18-3)12(20-5)11(7-9)19-4/h6-7,16H,8H2,1-5H3,(H2,15,17). The summed E-state index contributed by atoms with van der Waals surface area (Å²) in [5.74, 6) is 1.39. The fraction of sp³-hybridized carbons (Fsp3) is 0.500. The van der Waals surface area contributed by atoms with Crippen molar-refractivity contribution in [3.63, 3.8) is 0 Å². The predicted octanol–water partition coefficient (Wildman–Crippen LogP) is 0.555. The zero-order valence-corrected chi connectivity index (χ0v) is 13.0. The molecule has 7 nitrogen and oxygen atoms in total. The highest BCUT2D eigenvalue weighted by Crippen LogP contribution is 2.40. The van der Waals surface area contributed by atoms with Crippen molar-refractivity contribution in [1.29, 1.82) is 0 Å². The minimum absolute atomic E-state index is 0.0669. The van der Waals surface area contributed by atoms with Gasteiger partial charge < -0.3 is 30.0 Å².